The van der Waals surface area contributed by atoms with Gasteiger partial charge >= 0.3 is 25.7 Å². The second kappa shape index (κ2) is 15.4. The highest BCUT2D eigenvalue weighted by atomic mass is 31.2. The molecule has 2 aromatic heterocycles. The normalized spacial score (nSPS) is 22.7. The van der Waals surface area contributed by atoms with E-state index in [9.17, 15) is 18.9 Å². The third kappa shape index (κ3) is 8.12. The molecule has 48 heavy (non-hydrogen) atoms. The molecule has 262 valence electrons. The molecule has 15 nitrogen and oxygen atoms in total. The first kappa shape index (κ1) is 36.7. The van der Waals surface area contributed by atoms with Crippen LogP contribution in [0.4, 0.5) is 10.2 Å². The van der Waals surface area contributed by atoms with Crippen LogP contribution in [0.1, 0.15) is 53.3 Å². The maximum absolute atomic E-state index is 15.6. The number of halogens is 1. The summed E-state index contributed by atoms with van der Waals surface area (Å²) in [5.41, 5.74) is 4.46. The van der Waals surface area contributed by atoms with E-state index < -0.39 is 80.7 Å². The van der Waals surface area contributed by atoms with Crippen molar-refractivity contribution < 1.29 is 51.3 Å². The number of fused-ring (bicyclic) bond motifs is 1. The van der Waals surface area contributed by atoms with Crippen molar-refractivity contribution in [3.63, 3.8) is 0 Å². The van der Waals surface area contributed by atoms with Crippen molar-refractivity contribution in [1.82, 2.24) is 19.7 Å². The smallest absolute Gasteiger partial charge is 0.459 e. The predicted molar refractivity (Wildman–Crippen MR) is 169 cm³/mol. The molecule has 0 bridgehead atoms. The van der Waals surface area contributed by atoms with Crippen LogP contribution in [0.25, 0.3) is 5.52 Å². The van der Waals surface area contributed by atoms with E-state index in [-0.39, 0.29) is 23.9 Å². The first-order chi connectivity index (χ1) is 22.7. The molecule has 0 spiro atoms. The van der Waals surface area contributed by atoms with Gasteiger partial charge in [0.05, 0.1) is 30.7 Å². The number of benzene rings is 1. The third-order valence-corrected chi connectivity index (χ3v) is 9.01. The average Bonchev–Trinajstić information content (AvgIpc) is 3.61. The number of carbonyl (C=O) groups excluding carboxylic acids is 3. The second-order valence-corrected chi connectivity index (χ2v) is 13.5. The summed E-state index contributed by atoms with van der Waals surface area (Å²) in [4.78, 5) is 42.6. The van der Waals surface area contributed by atoms with Gasteiger partial charge in [-0.05, 0) is 38.1 Å². The summed E-state index contributed by atoms with van der Waals surface area (Å²) >= 11 is 0. The zero-order valence-corrected chi connectivity index (χ0v) is 28.4. The number of aromatic nitrogens is 3. The van der Waals surface area contributed by atoms with E-state index in [2.05, 4.69) is 15.2 Å². The van der Waals surface area contributed by atoms with Crippen molar-refractivity contribution in [3.05, 3.63) is 54.5 Å². The molecule has 3 heterocycles. The lowest BCUT2D eigenvalue weighted by molar-refractivity contribution is -0.178. The van der Waals surface area contributed by atoms with Gasteiger partial charge in [0.1, 0.15) is 36.4 Å². The number of nitrogens with zero attached hydrogens (tertiary/aromatic N) is 3. The lowest BCUT2D eigenvalue weighted by atomic mass is 9.95. The number of rotatable bonds is 15. The van der Waals surface area contributed by atoms with Crippen molar-refractivity contribution in [2.24, 2.45) is 11.8 Å². The molecular weight excluding hydrogens is 652 g/mol. The molecule has 0 saturated carbocycles. The molecule has 1 aliphatic heterocycles. The quantitative estimate of drug-likeness (QED) is 0.132. The molecule has 0 radical (unpaired) electrons. The standard InChI is InChI=1S/C31H41FN5O10P/c1-7-42-30(40)20(6)36-48(41,47-21-11-9-8-10-12-21)43-16-31(15-32)26(45-29(39)19(4)5)25(44-28(38)18(2)3)24(46-31)22-13-14-23-27(33)34-17-35-37(22)23/h8-14,17-20,24-26H,7,15-16H2,1-6H3,(H,36,41)(H2,33,34,35)/t20-,24-,25-,26-,31+,48?/m0/s1. The number of nitrogen functional groups attached to an aromatic ring is 1. The fraction of sp³-hybridized carbons (Fsp3) is 0.516. The topological polar surface area (TPSA) is 192 Å². The molecule has 4 rings (SSSR count). The Morgan fingerprint density at radius 1 is 1.04 bits per heavy atom. The van der Waals surface area contributed by atoms with Crippen LogP contribution < -0.4 is 15.3 Å². The van der Waals surface area contributed by atoms with Gasteiger partial charge in [-0.2, -0.15) is 10.2 Å². The van der Waals surface area contributed by atoms with Crippen LogP contribution in [0.5, 0.6) is 5.75 Å². The van der Waals surface area contributed by atoms with Crippen molar-refractivity contribution in [3.8, 4) is 5.75 Å². The van der Waals surface area contributed by atoms with Crippen molar-refractivity contribution in [2.45, 2.75) is 71.5 Å². The van der Waals surface area contributed by atoms with E-state index in [1.165, 1.54) is 29.9 Å². The average molecular weight is 694 g/mol. The van der Waals surface area contributed by atoms with E-state index in [4.69, 9.17) is 33.7 Å². The number of carbonyl (C=O) groups is 3. The Bertz CT molecular complexity index is 1640. The van der Waals surface area contributed by atoms with Crippen LogP contribution in [0.15, 0.2) is 48.8 Å². The summed E-state index contributed by atoms with van der Waals surface area (Å²) in [6, 6.07) is 9.92. The predicted octanol–water partition coefficient (Wildman–Crippen LogP) is 3.97. The number of nitrogens with one attached hydrogen (secondary N) is 1. The molecule has 0 aliphatic carbocycles. The molecule has 0 amide bonds. The maximum Gasteiger partial charge on any atom is 0.459 e. The number of para-hydroxylation sites is 1. The van der Waals surface area contributed by atoms with Crippen molar-refractivity contribution >= 4 is 37.0 Å². The minimum Gasteiger partial charge on any atom is -0.465 e. The van der Waals surface area contributed by atoms with Crippen LogP contribution in [0, 0.1) is 11.8 Å². The molecule has 3 aromatic rings. The molecule has 1 saturated heterocycles. The Hall–Kier alpha value is -4.11. The summed E-state index contributed by atoms with van der Waals surface area (Å²) in [7, 11) is -4.54. The molecule has 6 atom stereocenters. The van der Waals surface area contributed by atoms with Gasteiger partial charge in [-0.1, -0.05) is 45.9 Å². The fourth-order valence-corrected chi connectivity index (χ4v) is 6.36. The summed E-state index contributed by atoms with van der Waals surface area (Å²) in [5, 5.41) is 6.76. The Labute approximate surface area is 277 Å². The highest BCUT2D eigenvalue weighted by molar-refractivity contribution is 7.52. The molecule has 1 aromatic carbocycles. The SMILES string of the molecule is CCOC(=O)[C@H](C)NP(=O)(OC[C@@]1(CF)O[C@@H](c2ccc3c(N)ncnn23)[C@H](OC(=O)C(C)C)[C@@H]1OC(=O)C(C)C)Oc1ccccc1. The summed E-state index contributed by atoms with van der Waals surface area (Å²) in [5.74, 6) is -3.25. The lowest BCUT2D eigenvalue weighted by Gasteiger charge is -2.33. The van der Waals surface area contributed by atoms with Crippen LogP contribution >= 0.6 is 7.75 Å². The van der Waals surface area contributed by atoms with Gasteiger partial charge in [0.2, 0.25) is 0 Å². The molecule has 1 unspecified atom stereocenters. The van der Waals surface area contributed by atoms with Gasteiger partial charge < -0.3 is 29.2 Å². The van der Waals surface area contributed by atoms with E-state index in [0.717, 1.165) is 0 Å². The lowest BCUT2D eigenvalue weighted by Crippen LogP contribution is -2.52. The van der Waals surface area contributed by atoms with Crippen molar-refractivity contribution in [1.29, 1.82) is 0 Å². The first-order valence-corrected chi connectivity index (χ1v) is 16.9. The molecule has 1 aliphatic rings. The van der Waals surface area contributed by atoms with E-state index in [1.807, 2.05) is 0 Å². The van der Waals surface area contributed by atoms with E-state index in [1.54, 1.807) is 65.0 Å². The Morgan fingerprint density at radius 3 is 2.33 bits per heavy atom. The van der Waals surface area contributed by atoms with Crippen LogP contribution in [-0.4, -0.2) is 76.2 Å². The maximum atomic E-state index is 15.6. The summed E-state index contributed by atoms with van der Waals surface area (Å²) < 4.78 is 65.8. The second-order valence-electron chi connectivity index (χ2n) is 11.8. The van der Waals surface area contributed by atoms with Gasteiger partial charge in [0.15, 0.2) is 23.6 Å². The summed E-state index contributed by atoms with van der Waals surface area (Å²) in [6.45, 7) is 7.16. The van der Waals surface area contributed by atoms with Gasteiger partial charge in [-0.15, -0.1) is 0 Å². The zero-order chi connectivity index (χ0) is 35.2. The number of anilines is 1. The van der Waals surface area contributed by atoms with Crippen LogP contribution in [0.2, 0.25) is 0 Å². The number of nitrogens with two attached hydrogens (primary N) is 1. The Kier molecular flexibility index (Phi) is 11.8. The molecule has 17 heteroatoms. The first-order valence-electron chi connectivity index (χ1n) is 15.4. The highest BCUT2D eigenvalue weighted by Crippen LogP contribution is 2.50. The number of esters is 3. The summed E-state index contributed by atoms with van der Waals surface area (Å²) in [6.07, 6.45) is -3.15. The monoisotopic (exact) mass is 693 g/mol. The van der Waals surface area contributed by atoms with E-state index in [0.29, 0.717) is 5.52 Å². The van der Waals surface area contributed by atoms with Gasteiger partial charge in [0, 0.05) is 0 Å². The zero-order valence-electron chi connectivity index (χ0n) is 27.5. The number of ether oxygens (including phenoxy) is 4. The Balaban J connectivity index is 1.80. The number of hydrogen-bond acceptors (Lipinski definition) is 13. The molecule has 1 fully saturated rings. The van der Waals surface area contributed by atoms with Crippen LogP contribution in [0.3, 0.4) is 0 Å². The Morgan fingerprint density at radius 2 is 1.71 bits per heavy atom. The fourth-order valence-electron chi connectivity index (χ4n) is 4.82. The van der Waals surface area contributed by atoms with Crippen molar-refractivity contribution in [2.75, 3.05) is 25.6 Å². The molecular formula is C31H41FN5O10P. The number of alkyl halides is 1. The minimum absolute atomic E-state index is 0.0557. The minimum atomic E-state index is -4.54. The van der Waals surface area contributed by atoms with Gasteiger partial charge in [-0.3, -0.25) is 18.9 Å². The van der Waals surface area contributed by atoms with E-state index >= 15 is 4.39 Å². The highest BCUT2D eigenvalue weighted by Gasteiger charge is 2.62. The van der Waals surface area contributed by atoms with Gasteiger partial charge in [0.25, 0.3) is 0 Å². The third-order valence-electron chi connectivity index (χ3n) is 7.38. The number of hydrogen-bond donors (Lipinski definition) is 2. The van der Waals surface area contributed by atoms with Gasteiger partial charge in [-0.25, -0.2) is 18.5 Å². The van der Waals surface area contributed by atoms with Crippen LogP contribution in [-0.2, 0) is 42.4 Å². The largest absolute Gasteiger partial charge is 0.465 e. The molecule has 3 N–H and O–H groups in total.